The Balaban J connectivity index is 2.05. The molecule has 0 spiro atoms. The second kappa shape index (κ2) is 6.32. The molecule has 5 nitrogen and oxygen atoms in total. The van der Waals surface area contributed by atoms with Crippen molar-refractivity contribution in [2.75, 3.05) is 17.7 Å². The van der Waals surface area contributed by atoms with E-state index in [4.69, 9.17) is 5.73 Å². The van der Waals surface area contributed by atoms with E-state index in [-0.39, 0.29) is 11.9 Å². The molecule has 20 heavy (non-hydrogen) atoms. The maximum atomic E-state index is 12.1. The van der Waals surface area contributed by atoms with Gasteiger partial charge in [0.05, 0.1) is 10.2 Å². The minimum Gasteiger partial charge on any atom is -0.375 e. The normalized spacial score (nSPS) is 14.1. The lowest BCUT2D eigenvalue weighted by Gasteiger charge is -2.13. The summed E-state index contributed by atoms with van der Waals surface area (Å²) < 4.78 is 11.9. The number of nitrogens with one attached hydrogen (secondary N) is 1. The van der Waals surface area contributed by atoms with E-state index in [1.165, 1.54) is 11.3 Å². The summed E-state index contributed by atoms with van der Waals surface area (Å²) in [4.78, 5) is 16.3. The smallest absolute Gasteiger partial charge is 0.251 e. The first-order valence-electron chi connectivity index (χ1n) is 6.22. The summed E-state index contributed by atoms with van der Waals surface area (Å²) in [5.41, 5.74) is 7.04. The van der Waals surface area contributed by atoms with Crippen LogP contribution in [0.5, 0.6) is 0 Å². The zero-order valence-electron chi connectivity index (χ0n) is 11.4. The number of carbonyl (C=O) groups excluding carboxylic acids is 1. The second-order valence-electron chi connectivity index (χ2n) is 4.68. The summed E-state index contributed by atoms with van der Waals surface area (Å²) in [5.74, 6) is 0.458. The number of anilines is 1. The number of carbonyl (C=O) groups is 1. The molecule has 7 heteroatoms. The number of nitrogens with two attached hydrogens (primary N) is 1. The third-order valence-corrected chi connectivity index (χ3v) is 4.54. The van der Waals surface area contributed by atoms with Crippen molar-refractivity contribution in [1.29, 1.82) is 0 Å². The van der Waals surface area contributed by atoms with Crippen LogP contribution in [0.3, 0.4) is 0 Å². The summed E-state index contributed by atoms with van der Waals surface area (Å²) in [6.07, 6.45) is 2.36. The standard InChI is InChI=1S/C13H17N3O2S2/c1-8(5-6-20(2)18)15-12(17)9-3-4-10-11(7-9)19-13(14)16-10/h3-4,7-8H,5-6H2,1-2H3,(H2,14,16)(H,15,17). The van der Waals surface area contributed by atoms with Gasteiger partial charge in [-0.1, -0.05) is 11.3 Å². The number of benzene rings is 1. The van der Waals surface area contributed by atoms with Gasteiger partial charge in [0.15, 0.2) is 5.13 Å². The molecule has 0 saturated heterocycles. The van der Waals surface area contributed by atoms with Crippen LogP contribution < -0.4 is 11.1 Å². The van der Waals surface area contributed by atoms with Crippen LogP contribution in [0.2, 0.25) is 0 Å². The van der Waals surface area contributed by atoms with Gasteiger partial charge in [-0.05, 0) is 31.5 Å². The van der Waals surface area contributed by atoms with E-state index in [1.54, 1.807) is 24.5 Å². The third-order valence-electron chi connectivity index (χ3n) is 2.88. The monoisotopic (exact) mass is 311 g/mol. The van der Waals surface area contributed by atoms with E-state index in [2.05, 4.69) is 10.3 Å². The molecule has 3 N–H and O–H groups in total. The molecule has 0 bridgehead atoms. The van der Waals surface area contributed by atoms with Crippen LogP contribution in [0, 0.1) is 0 Å². The summed E-state index contributed by atoms with van der Waals surface area (Å²) in [5, 5.41) is 3.40. The molecule has 0 aliphatic rings. The van der Waals surface area contributed by atoms with Crippen molar-refractivity contribution in [2.45, 2.75) is 19.4 Å². The van der Waals surface area contributed by atoms with Crippen molar-refractivity contribution in [3.05, 3.63) is 23.8 Å². The number of amides is 1. The molecule has 1 amide bonds. The van der Waals surface area contributed by atoms with Crippen LogP contribution >= 0.6 is 11.3 Å². The Morgan fingerprint density at radius 1 is 1.55 bits per heavy atom. The maximum Gasteiger partial charge on any atom is 0.251 e. The quantitative estimate of drug-likeness (QED) is 0.881. The SMILES string of the molecule is CC(CCS(C)=O)NC(=O)c1ccc2nc(N)sc2c1. The van der Waals surface area contributed by atoms with Gasteiger partial charge >= 0.3 is 0 Å². The lowest BCUT2D eigenvalue weighted by atomic mass is 10.2. The van der Waals surface area contributed by atoms with Gasteiger partial charge in [-0.15, -0.1) is 0 Å². The Hall–Kier alpha value is -1.47. The highest BCUT2D eigenvalue weighted by atomic mass is 32.2. The Morgan fingerprint density at radius 2 is 2.30 bits per heavy atom. The Labute approximate surface area is 124 Å². The predicted molar refractivity (Wildman–Crippen MR) is 84.5 cm³/mol. The van der Waals surface area contributed by atoms with Gasteiger partial charge in [0.2, 0.25) is 0 Å². The molecule has 1 aromatic heterocycles. The van der Waals surface area contributed by atoms with Crippen molar-refractivity contribution >= 4 is 43.4 Å². The number of nitrogens with zero attached hydrogens (tertiary/aromatic N) is 1. The zero-order valence-corrected chi connectivity index (χ0v) is 13.0. The number of thiazole rings is 1. The van der Waals surface area contributed by atoms with Gasteiger partial charge < -0.3 is 11.1 Å². The first-order chi connectivity index (χ1) is 9.45. The van der Waals surface area contributed by atoms with Crippen LogP contribution in [-0.4, -0.2) is 33.2 Å². The van der Waals surface area contributed by atoms with E-state index < -0.39 is 10.8 Å². The topological polar surface area (TPSA) is 85.1 Å². The van der Waals surface area contributed by atoms with Gasteiger partial charge in [-0.25, -0.2) is 4.98 Å². The Bertz CT molecular complexity index is 654. The summed E-state index contributed by atoms with van der Waals surface area (Å²) in [6.45, 7) is 1.91. The van der Waals surface area contributed by atoms with Crippen LogP contribution in [0.1, 0.15) is 23.7 Å². The number of fused-ring (bicyclic) bond motifs is 1. The second-order valence-corrected chi connectivity index (χ2v) is 7.29. The number of aromatic nitrogens is 1. The largest absolute Gasteiger partial charge is 0.375 e. The predicted octanol–water partition coefficient (Wildman–Crippen LogP) is 1.77. The van der Waals surface area contributed by atoms with Gasteiger partial charge in [-0.2, -0.15) is 0 Å². The first kappa shape index (κ1) is 14.9. The molecule has 0 saturated carbocycles. The van der Waals surface area contributed by atoms with Crippen LogP contribution in [0.15, 0.2) is 18.2 Å². The molecule has 108 valence electrons. The van der Waals surface area contributed by atoms with E-state index in [9.17, 15) is 9.00 Å². The number of hydrogen-bond acceptors (Lipinski definition) is 5. The minimum absolute atomic E-state index is 0.00590. The van der Waals surface area contributed by atoms with Gasteiger partial charge in [-0.3, -0.25) is 9.00 Å². The Morgan fingerprint density at radius 3 is 3.00 bits per heavy atom. The highest BCUT2D eigenvalue weighted by Gasteiger charge is 2.12. The van der Waals surface area contributed by atoms with Crippen molar-refractivity contribution in [2.24, 2.45) is 0 Å². The lowest BCUT2D eigenvalue weighted by Crippen LogP contribution is -2.33. The average molecular weight is 311 g/mol. The molecule has 0 radical (unpaired) electrons. The van der Waals surface area contributed by atoms with Gasteiger partial charge in [0, 0.05) is 34.4 Å². The molecule has 0 fully saturated rings. The molecular weight excluding hydrogens is 294 g/mol. The fourth-order valence-electron chi connectivity index (χ4n) is 1.81. The molecule has 1 heterocycles. The van der Waals surface area contributed by atoms with Crippen molar-refractivity contribution in [1.82, 2.24) is 10.3 Å². The molecular formula is C13H17N3O2S2. The zero-order chi connectivity index (χ0) is 14.7. The fraction of sp³-hybridized carbons (Fsp3) is 0.385. The summed E-state index contributed by atoms with van der Waals surface area (Å²) in [6, 6.07) is 5.32. The summed E-state index contributed by atoms with van der Waals surface area (Å²) in [7, 11) is -0.833. The number of rotatable bonds is 5. The first-order valence-corrected chi connectivity index (χ1v) is 8.77. The molecule has 1 aromatic carbocycles. The van der Waals surface area contributed by atoms with Crippen LogP contribution in [-0.2, 0) is 10.8 Å². The average Bonchev–Trinajstić information content (AvgIpc) is 2.75. The number of hydrogen-bond donors (Lipinski definition) is 2. The molecule has 0 aliphatic carbocycles. The lowest BCUT2D eigenvalue weighted by molar-refractivity contribution is 0.0939. The van der Waals surface area contributed by atoms with Crippen LogP contribution in [0.4, 0.5) is 5.13 Å². The van der Waals surface area contributed by atoms with Gasteiger partial charge in [0.25, 0.3) is 5.91 Å². The van der Waals surface area contributed by atoms with E-state index in [0.29, 0.717) is 22.9 Å². The molecule has 2 unspecified atom stereocenters. The Kier molecular flexibility index (Phi) is 4.72. The van der Waals surface area contributed by atoms with E-state index in [1.807, 2.05) is 6.92 Å². The van der Waals surface area contributed by atoms with Crippen LogP contribution in [0.25, 0.3) is 10.2 Å². The summed E-state index contributed by atoms with van der Waals surface area (Å²) >= 11 is 1.36. The minimum atomic E-state index is -0.833. The number of nitrogen functional groups attached to an aromatic ring is 1. The maximum absolute atomic E-state index is 12.1. The molecule has 2 aromatic rings. The molecule has 2 rings (SSSR count). The van der Waals surface area contributed by atoms with Crippen molar-refractivity contribution in [3.8, 4) is 0 Å². The third kappa shape index (κ3) is 3.77. The van der Waals surface area contributed by atoms with E-state index in [0.717, 1.165) is 10.2 Å². The molecule has 2 atom stereocenters. The van der Waals surface area contributed by atoms with Gasteiger partial charge in [0.1, 0.15) is 0 Å². The highest BCUT2D eigenvalue weighted by molar-refractivity contribution is 7.84. The van der Waals surface area contributed by atoms with E-state index >= 15 is 0 Å². The van der Waals surface area contributed by atoms with Crippen molar-refractivity contribution < 1.29 is 9.00 Å². The fourth-order valence-corrected chi connectivity index (χ4v) is 3.26. The molecule has 0 aliphatic heterocycles. The highest BCUT2D eigenvalue weighted by Crippen LogP contribution is 2.24. The van der Waals surface area contributed by atoms with Crippen molar-refractivity contribution in [3.63, 3.8) is 0 Å².